The maximum absolute atomic E-state index is 9.62. The van der Waals surface area contributed by atoms with Gasteiger partial charge in [-0.25, -0.2) is 0 Å². The van der Waals surface area contributed by atoms with Gasteiger partial charge in [0, 0.05) is 5.69 Å². The van der Waals surface area contributed by atoms with E-state index in [4.69, 9.17) is 0 Å². The molecule has 0 aliphatic heterocycles. The molecule has 0 heterocycles. The molecule has 0 unspecified atom stereocenters. The summed E-state index contributed by atoms with van der Waals surface area (Å²) in [5.41, 5.74) is 3.54. The van der Waals surface area contributed by atoms with Gasteiger partial charge in [-0.15, -0.1) is 0 Å². The minimum absolute atomic E-state index is 0.340. The molecular formula is C17H24N2. The van der Waals surface area contributed by atoms with Crippen molar-refractivity contribution in [2.24, 2.45) is 0 Å². The van der Waals surface area contributed by atoms with Crippen molar-refractivity contribution in [3.63, 3.8) is 0 Å². The van der Waals surface area contributed by atoms with Gasteiger partial charge in [0.1, 0.15) is 5.54 Å². The highest BCUT2D eigenvalue weighted by Crippen LogP contribution is 2.34. The standard InChI is InChI=1S/C17H24N2/c1-3-14-9-8-10-15(4-2)16(14)19-17(13-18)11-6-5-7-12-17/h8-10,19H,3-7,11-12H2,1-2H3. The molecule has 1 aromatic rings. The molecule has 0 saturated heterocycles. The normalized spacial score (nSPS) is 17.7. The first-order valence-electron chi connectivity index (χ1n) is 7.55. The molecule has 1 saturated carbocycles. The molecule has 1 aliphatic carbocycles. The summed E-state index contributed by atoms with van der Waals surface area (Å²) in [7, 11) is 0. The van der Waals surface area contributed by atoms with Gasteiger partial charge in [0.25, 0.3) is 0 Å². The lowest BCUT2D eigenvalue weighted by molar-refractivity contribution is 0.392. The van der Waals surface area contributed by atoms with Crippen molar-refractivity contribution in [2.75, 3.05) is 5.32 Å². The fraction of sp³-hybridized carbons (Fsp3) is 0.588. The Morgan fingerprint density at radius 3 is 2.16 bits per heavy atom. The fourth-order valence-electron chi connectivity index (χ4n) is 3.06. The van der Waals surface area contributed by atoms with Crippen molar-refractivity contribution in [1.82, 2.24) is 0 Å². The zero-order valence-electron chi connectivity index (χ0n) is 12.1. The average molecular weight is 256 g/mol. The second-order valence-electron chi connectivity index (χ2n) is 5.54. The molecule has 1 aliphatic rings. The largest absolute Gasteiger partial charge is 0.367 e. The van der Waals surface area contributed by atoms with Crippen LogP contribution in [-0.2, 0) is 12.8 Å². The quantitative estimate of drug-likeness (QED) is 0.864. The molecule has 0 amide bonds. The van der Waals surface area contributed by atoms with Crippen LogP contribution in [0.1, 0.15) is 57.1 Å². The summed E-state index contributed by atoms with van der Waals surface area (Å²) in [6.45, 7) is 4.36. The molecule has 2 rings (SSSR count). The van der Waals surface area contributed by atoms with Gasteiger partial charge < -0.3 is 5.32 Å². The van der Waals surface area contributed by atoms with Crippen molar-refractivity contribution in [2.45, 2.75) is 64.3 Å². The van der Waals surface area contributed by atoms with E-state index < -0.39 is 0 Å². The molecule has 0 bridgehead atoms. The predicted octanol–water partition coefficient (Wildman–Crippen LogP) is 4.45. The minimum atomic E-state index is -0.340. The van der Waals surface area contributed by atoms with Crippen molar-refractivity contribution < 1.29 is 0 Å². The van der Waals surface area contributed by atoms with Crippen LogP contribution >= 0.6 is 0 Å². The van der Waals surface area contributed by atoms with Crippen LogP contribution in [0.2, 0.25) is 0 Å². The Balaban J connectivity index is 2.33. The number of nitrogens with zero attached hydrogens (tertiary/aromatic N) is 1. The molecule has 0 aromatic heterocycles. The van der Waals surface area contributed by atoms with Gasteiger partial charge in [-0.3, -0.25) is 0 Å². The van der Waals surface area contributed by atoms with E-state index in [0.29, 0.717) is 0 Å². The van der Waals surface area contributed by atoms with E-state index in [1.807, 2.05) is 0 Å². The Bertz CT molecular complexity index is 442. The van der Waals surface area contributed by atoms with E-state index >= 15 is 0 Å². The topological polar surface area (TPSA) is 35.8 Å². The lowest BCUT2D eigenvalue weighted by Crippen LogP contribution is -2.39. The van der Waals surface area contributed by atoms with E-state index in [9.17, 15) is 5.26 Å². The van der Waals surface area contributed by atoms with Gasteiger partial charge in [0.05, 0.1) is 6.07 Å². The maximum atomic E-state index is 9.62. The van der Waals surface area contributed by atoms with Crippen LogP contribution in [0, 0.1) is 11.3 Å². The van der Waals surface area contributed by atoms with E-state index in [-0.39, 0.29) is 5.54 Å². The summed E-state index contributed by atoms with van der Waals surface area (Å²) in [5, 5.41) is 13.2. The van der Waals surface area contributed by atoms with Crippen LogP contribution in [0.25, 0.3) is 0 Å². The number of hydrogen-bond donors (Lipinski definition) is 1. The van der Waals surface area contributed by atoms with Crippen LogP contribution in [-0.4, -0.2) is 5.54 Å². The van der Waals surface area contributed by atoms with Crippen molar-refractivity contribution in [3.8, 4) is 6.07 Å². The Labute approximate surface area is 116 Å². The van der Waals surface area contributed by atoms with Gasteiger partial charge in [-0.1, -0.05) is 51.3 Å². The van der Waals surface area contributed by atoms with Crippen LogP contribution in [0.3, 0.4) is 0 Å². The SMILES string of the molecule is CCc1cccc(CC)c1NC1(C#N)CCCCC1. The van der Waals surface area contributed by atoms with Crippen LogP contribution in [0.4, 0.5) is 5.69 Å². The smallest absolute Gasteiger partial charge is 0.125 e. The highest BCUT2D eigenvalue weighted by Gasteiger charge is 2.32. The molecule has 19 heavy (non-hydrogen) atoms. The maximum Gasteiger partial charge on any atom is 0.125 e. The second kappa shape index (κ2) is 6.10. The second-order valence-corrected chi connectivity index (χ2v) is 5.54. The molecule has 2 heteroatoms. The summed E-state index contributed by atoms with van der Waals surface area (Å²) < 4.78 is 0. The minimum Gasteiger partial charge on any atom is -0.367 e. The van der Waals surface area contributed by atoms with Crippen LogP contribution < -0.4 is 5.32 Å². The molecule has 0 spiro atoms. The van der Waals surface area contributed by atoms with Gasteiger partial charge >= 0.3 is 0 Å². The van der Waals surface area contributed by atoms with Crippen LogP contribution in [0.15, 0.2) is 18.2 Å². The zero-order valence-corrected chi connectivity index (χ0v) is 12.1. The van der Waals surface area contributed by atoms with E-state index in [1.165, 1.54) is 23.2 Å². The molecule has 0 radical (unpaired) electrons. The molecule has 0 atom stereocenters. The van der Waals surface area contributed by atoms with Gasteiger partial charge in [0.15, 0.2) is 0 Å². The van der Waals surface area contributed by atoms with Crippen molar-refractivity contribution in [1.29, 1.82) is 5.26 Å². The van der Waals surface area contributed by atoms with Crippen molar-refractivity contribution in [3.05, 3.63) is 29.3 Å². The Kier molecular flexibility index (Phi) is 4.47. The van der Waals surface area contributed by atoms with E-state index in [0.717, 1.165) is 38.5 Å². The average Bonchev–Trinajstić information content (AvgIpc) is 2.48. The molecule has 1 N–H and O–H groups in total. The number of rotatable bonds is 4. The van der Waals surface area contributed by atoms with Gasteiger partial charge in [-0.2, -0.15) is 5.26 Å². The number of nitrogens with one attached hydrogen (secondary N) is 1. The number of anilines is 1. The Hall–Kier alpha value is -1.49. The number of para-hydroxylation sites is 1. The molecule has 1 fully saturated rings. The summed E-state index contributed by atoms with van der Waals surface area (Å²) in [4.78, 5) is 0. The van der Waals surface area contributed by atoms with Crippen LogP contribution in [0.5, 0.6) is 0 Å². The number of nitriles is 1. The van der Waals surface area contributed by atoms with Crippen molar-refractivity contribution >= 4 is 5.69 Å². The van der Waals surface area contributed by atoms with E-state index in [1.54, 1.807) is 0 Å². The predicted molar refractivity (Wildman–Crippen MR) is 80.2 cm³/mol. The fourth-order valence-corrected chi connectivity index (χ4v) is 3.06. The Morgan fingerprint density at radius 1 is 1.11 bits per heavy atom. The van der Waals surface area contributed by atoms with Gasteiger partial charge in [0.2, 0.25) is 0 Å². The summed E-state index contributed by atoms with van der Waals surface area (Å²) in [5.74, 6) is 0. The molecule has 2 nitrogen and oxygen atoms in total. The monoisotopic (exact) mass is 256 g/mol. The molecule has 102 valence electrons. The van der Waals surface area contributed by atoms with Gasteiger partial charge in [-0.05, 0) is 36.8 Å². The summed E-state index contributed by atoms with van der Waals surface area (Å²) in [6, 6.07) is 9.04. The first kappa shape index (κ1) is 13.9. The summed E-state index contributed by atoms with van der Waals surface area (Å²) >= 11 is 0. The number of hydrogen-bond acceptors (Lipinski definition) is 2. The molecular weight excluding hydrogens is 232 g/mol. The first-order chi connectivity index (χ1) is 9.24. The zero-order chi connectivity index (χ0) is 13.7. The lowest BCUT2D eigenvalue weighted by atomic mass is 9.82. The molecule has 1 aromatic carbocycles. The highest BCUT2D eigenvalue weighted by atomic mass is 15.0. The Morgan fingerprint density at radius 2 is 1.68 bits per heavy atom. The summed E-state index contributed by atoms with van der Waals surface area (Å²) in [6.07, 6.45) is 7.57. The third-order valence-electron chi connectivity index (χ3n) is 4.28. The third-order valence-corrected chi connectivity index (χ3v) is 4.28. The first-order valence-corrected chi connectivity index (χ1v) is 7.55. The number of benzene rings is 1. The third kappa shape index (κ3) is 2.92. The highest BCUT2D eigenvalue weighted by molar-refractivity contribution is 5.60. The van der Waals surface area contributed by atoms with E-state index in [2.05, 4.69) is 43.4 Å². The number of aryl methyl sites for hydroxylation is 2. The lowest BCUT2D eigenvalue weighted by Gasteiger charge is -2.34.